The van der Waals surface area contributed by atoms with Crippen LogP contribution < -0.4 is 9.64 Å². The minimum atomic E-state index is -0.454. The molecular formula is C31H38ClFN6O3. The maximum atomic E-state index is 15.2. The standard InChI is InChI=1S/C31H38ClFN6O3/c1-5-24(40)37-14-15-38-21(17-37)19-42-28-25(30(38)41)29(34-27(26(28)32)22-8-6-7-9-23(22)33)39-18-20(16-31(39,2)3)36-12-10-35(4)11-13-36/h5-9,20-21H,1,10-19H2,2-4H3/t20-,21?/m1/s1. The molecule has 0 saturated carbocycles. The van der Waals surface area contributed by atoms with Gasteiger partial charge in [-0.05, 0) is 45.5 Å². The summed E-state index contributed by atoms with van der Waals surface area (Å²) in [5.74, 6) is -0.185. The normalized spacial score (nSPS) is 24.6. The van der Waals surface area contributed by atoms with Crippen molar-refractivity contribution >= 4 is 29.2 Å². The van der Waals surface area contributed by atoms with Gasteiger partial charge in [0.05, 0.1) is 11.7 Å². The lowest BCUT2D eigenvalue weighted by molar-refractivity contribution is -0.128. The van der Waals surface area contributed by atoms with Gasteiger partial charge in [-0.2, -0.15) is 0 Å². The molecule has 11 heteroatoms. The van der Waals surface area contributed by atoms with Crippen LogP contribution in [0.2, 0.25) is 5.02 Å². The number of ether oxygens (including phenoxy) is 1. The van der Waals surface area contributed by atoms with Crippen molar-refractivity contribution in [3.63, 3.8) is 0 Å². The van der Waals surface area contributed by atoms with Crippen molar-refractivity contribution in [2.45, 2.75) is 37.9 Å². The van der Waals surface area contributed by atoms with Gasteiger partial charge in [0.25, 0.3) is 5.91 Å². The van der Waals surface area contributed by atoms with Crippen LogP contribution in [0.3, 0.4) is 0 Å². The van der Waals surface area contributed by atoms with Crippen LogP contribution in [0.1, 0.15) is 30.6 Å². The van der Waals surface area contributed by atoms with E-state index in [1.165, 1.54) is 12.1 Å². The molecule has 0 bridgehead atoms. The van der Waals surface area contributed by atoms with E-state index in [1.807, 2.05) is 0 Å². The first kappa shape index (κ1) is 28.9. The largest absolute Gasteiger partial charge is 0.489 e. The molecule has 42 heavy (non-hydrogen) atoms. The highest BCUT2D eigenvalue weighted by atomic mass is 35.5. The summed E-state index contributed by atoms with van der Waals surface area (Å²) in [6.45, 7) is 13.8. The Morgan fingerprint density at radius 3 is 2.57 bits per heavy atom. The van der Waals surface area contributed by atoms with E-state index >= 15 is 4.39 Å². The van der Waals surface area contributed by atoms with Gasteiger partial charge in [0.1, 0.15) is 28.8 Å². The van der Waals surface area contributed by atoms with Crippen LogP contribution in [0.15, 0.2) is 36.9 Å². The number of pyridine rings is 1. The molecule has 9 nitrogen and oxygen atoms in total. The van der Waals surface area contributed by atoms with Gasteiger partial charge in [-0.25, -0.2) is 9.37 Å². The minimum absolute atomic E-state index is 0.110. The fraction of sp³-hybridized carbons (Fsp3) is 0.516. The molecule has 1 aromatic heterocycles. The van der Waals surface area contributed by atoms with Crippen LogP contribution in [0, 0.1) is 5.82 Å². The Labute approximate surface area is 251 Å². The molecule has 1 aromatic carbocycles. The summed E-state index contributed by atoms with van der Waals surface area (Å²) in [6.07, 6.45) is 2.18. The number of anilines is 1. The van der Waals surface area contributed by atoms with Crippen molar-refractivity contribution in [3.05, 3.63) is 53.3 Å². The number of fused-ring (bicyclic) bond motifs is 2. The lowest BCUT2D eigenvalue weighted by Crippen LogP contribution is -2.57. The van der Waals surface area contributed by atoms with Crippen molar-refractivity contribution in [2.75, 3.05) is 70.9 Å². The number of carbonyl (C=O) groups excluding carboxylic acids is 2. The topological polar surface area (TPSA) is 72.5 Å². The van der Waals surface area contributed by atoms with Crippen LogP contribution in [-0.2, 0) is 4.79 Å². The summed E-state index contributed by atoms with van der Waals surface area (Å²) in [5.41, 5.74) is 0.465. The van der Waals surface area contributed by atoms with Crippen molar-refractivity contribution < 1.29 is 18.7 Å². The van der Waals surface area contributed by atoms with Gasteiger partial charge >= 0.3 is 0 Å². The number of benzene rings is 1. The summed E-state index contributed by atoms with van der Waals surface area (Å²) in [5, 5.41) is 0.110. The molecule has 0 radical (unpaired) electrons. The van der Waals surface area contributed by atoms with E-state index in [9.17, 15) is 9.59 Å². The SMILES string of the molecule is C=CC(=O)N1CCN2C(=O)c3c(N4C[C@H](N5CCN(C)CC5)CC4(C)C)nc(-c4ccccc4F)c(Cl)c3OCC2C1. The van der Waals surface area contributed by atoms with Gasteiger partial charge < -0.3 is 24.3 Å². The van der Waals surface area contributed by atoms with Crippen molar-refractivity contribution in [1.29, 1.82) is 0 Å². The zero-order valence-electron chi connectivity index (χ0n) is 24.5. The average molecular weight is 597 g/mol. The smallest absolute Gasteiger partial charge is 0.261 e. The third-order valence-corrected chi connectivity index (χ3v) is 9.59. The molecule has 2 aromatic rings. The van der Waals surface area contributed by atoms with Gasteiger partial charge in [0, 0.05) is 69.5 Å². The first-order valence-corrected chi connectivity index (χ1v) is 15.0. The predicted molar refractivity (Wildman–Crippen MR) is 161 cm³/mol. The number of carbonyl (C=O) groups is 2. The molecule has 2 atom stereocenters. The number of hydrogen-bond acceptors (Lipinski definition) is 7. The fourth-order valence-corrected chi connectivity index (χ4v) is 7.11. The van der Waals surface area contributed by atoms with E-state index < -0.39 is 5.82 Å². The molecule has 6 rings (SSSR count). The zero-order valence-corrected chi connectivity index (χ0v) is 25.2. The monoisotopic (exact) mass is 596 g/mol. The number of piperazine rings is 2. The molecular weight excluding hydrogens is 559 g/mol. The number of hydrogen-bond donors (Lipinski definition) is 0. The quantitative estimate of drug-likeness (QED) is 0.501. The van der Waals surface area contributed by atoms with Crippen LogP contribution in [0.25, 0.3) is 11.3 Å². The number of likely N-dealkylation sites (N-methyl/N-ethyl adjacent to an activating group) is 1. The fourth-order valence-electron chi connectivity index (χ4n) is 6.82. The minimum Gasteiger partial charge on any atom is -0.489 e. The van der Waals surface area contributed by atoms with Gasteiger partial charge in [-0.15, -0.1) is 0 Å². The second kappa shape index (κ2) is 11.1. The van der Waals surface area contributed by atoms with Crippen molar-refractivity contribution in [2.24, 2.45) is 0 Å². The molecule has 0 N–H and O–H groups in total. The second-order valence-corrected chi connectivity index (χ2v) is 12.7. The summed E-state index contributed by atoms with van der Waals surface area (Å²) in [4.78, 5) is 42.3. The van der Waals surface area contributed by atoms with Crippen LogP contribution >= 0.6 is 11.6 Å². The molecule has 0 aliphatic carbocycles. The maximum Gasteiger partial charge on any atom is 0.261 e. The maximum absolute atomic E-state index is 15.2. The Balaban J connectivity index is 1.45. The van der Waals surface area contributed by atoms with E-state index in [1.54, 1.807) is 28.0 Å². The Kier molecular flexibility index (Phi) is 7.66. The van der Waals surface area contributed by atoms with E-state index in [2.05, 4.69) is 42.2 Å². The molecule has 3 fully saturated rings. The summed E-state index contributed by atoms with van der Waals surface area (Å²) in [6, 6.07) is 6.29. The molecule has 2 amide bonds. The summed E-state index contributed by atoms with van der Waals surface area (Å²) in [7, 11) is 2.14. The Bertz CT molecular complexity index is 1410. The Hall–Kier alpha value is -3.21. The zero-order chi connectivity index (χ0) is 29.8. The van der Waals surface area contributed by atoms with Crippen molar-refractivity contribution in [3.8, 4) is 17.0 Å². The van der Waals surface area contributed by atoms with E-state index in [-0.39, 0.29) is 58.1 Å². The molecule has 5 heterocycles. The van der Waals surface area contributed by atoms with Gasteiger partial charge in [0.15, 0.2) is 5.75 Å². The third kappa shape index (κ3) is 5.03. The van der Waals surface area contributed by atoms with Gasteiger partial charge in [0.2, 0.25) is 5.91 Å². The summed E-state index contributed by atoms with van der Waals surface area (Å²) < 4.78 is 21.5. The highest BCUT2D eigenvalue weighted by molar-refractivity contribution is 6.35. The Morgan fingerprint density at radius 2 is 1.86 bits per heavy atom. The number of amides is 2. The van der Waals surface area contributed by atoms with E-state index in [4.69, 9.17) is 21.3 Å². The predicted octanol–water partition coefficient (Wildman–Crippen LogP) is 3.38. The van der Waals surface area contributed by atoms with Gasteiger partial charge in [-0.1, -0.05) is 30.3 Å². The van der Waals surface area contributed by atoms with E-state index in [0.29, 0.717) is 37.6 Å². The highest BCUT2D eigenvalue weighted by Crippen LogP contribution is 2.47. The molecule has 224 valence electrons. The lowest BCUT2D eigenvalue weighted by Gasteiger charge is -2.40. The summed E-state index contributed by atoms with van der Waals surface area (Å²) >= 11 is 6.95. The van der Waals surface area contributed by atoms with Crippen LogP contribution in [-0.4, -0.2) is 120 Å². The number of nitrogens with zero attached hydrogens (tertiary/aromatic N) is 6. The highest BCUT2D eigenvalue weighted by Gasteiger charge is 2.46. The first-order valence-electron chi connectivity index (χ1n) is 14.6. The lowest BCUT2D eigenvalue weighted by atomic mass is 9.98. The molecule has 3 saturated heterocycles. The van der Waals surface area contributed by atoms with E-state index in [0.717, 1.165) is 32.6 Å². The number of aromatic nitrogens is 1. The molecule has 4 aliphatic rings. The van der Waals surface area contributed by atoms with Crippen molar-refractivity contribution in [1.82, 2.24) is 24.6 Å². The number of halogens is 2. The van der Waals surface area contributed by atoms with Crippen LogP contribution in [0.5, 0.6) is 5.75 Å². The molecule has 0 spiro atoms. The average Bonchev–Trinajstić information content (AvgIpc) is 3.22. The molecule has 1 unspecified atom stereocenters. The first-order chi connectivity index (χ1) is 20.1. The second-order valence-electron chi connectivity index (χ2n) is 12.4. The Morgan fingerprint density at radius 1 is 1.12 bits per heavy atom. The van der Waals surface area contributed by atoms with Crippen LogP contribution in [0.4, 0.5) is 10.2 Å². The number of rotatable bonds is 4. The third-order valence-electron chi connectivity index (χ3n) is 9.24. The van der Waals surface area contributed by atoms with Gasteiger partial charge in [-0.3, -0.25) is 14.5 Å². The molecule has 4 aliphatic heterocycles.